The van der Waals surface area contributed by atoms with Gasteiger partial charge in [-0.25, -0.2) is 4.39 Å². The summed E-state index contributed by atoms with van der Waals surface area (Å²) >= 11 is 0. The van der Waals surface area contributed by atoms with Crippen molar-refractivity contribution >= 4 is 5.95 Å². The summed E-state index contributed by atoms with van der Waals surface area (Å²) in [6.45, 7) is 4.13. The smallest absolute Gasteiger partial charge is 0.266 e. The quantitative estimate of drug-likeness (QED) is 0.721. The maximum Gasteiger partial charge on any atom is 0.266 e. The Bertz CT molecular complexity index is 839. The highest BCUT2D eigenvalue weighted by molar-refractivity contribution is 5.39. The normalized spacial score (nSPS) is 13.5. The van der Waals surface area contributed by atoms with Gasteiger partial charge in [0.2, 0.25) is 5.89 Å². The zero-order valence-electron chi connectivity index (χ0n) is 13.4. The lowest BCUT2D eigenvalue weighted by molar-refractivity contribution is 0.376. The highest BCUT2D eigenvalue weighted by Gasteiger charge is 2.26. The van der Waals surface area contributed by atoms with E-state index in [-0.39, 0.29) is 5.82 Å². The molecule has 6 nitrogen and oxygen atoms in total. The molecular weight excluding hydrogens is 309 g/mol. The van der Waals surface area contributed by atoms with Gasteiger partial charge in [-0.2, -0.15) is 10.1 Å². The Balaban J connectivity index is 1.50. The molecule has 2 aromatic heterocycles. The summed E-state index contributed by atoms with van der Waals surface area (Å²) in [4.78, 5) is 6.52. The molecule has 0 radical (unpaired) electrons. The molecule has 1 aromatic carbocycles. The van der Waals surface area contributed by atoms with Crippen molar-refractivity contribution < 1.29 is 8.91 Å². The first kappa shape index (κ1) is 14.9. The molecule has 0 bridgehead atoms. The average molecular weight is 327 g/mol. The first-order valence-corrected chi connectivity index (χ1v) is 8.08. The van der Waals surface area contributed by atoms with Crippen molar-refractivity contribution in [3.05, 3.63) is 59.0 Å². The van der Waals surface area contributed by atoms with Gasteiger partial charge in [-0.3, -0.25) is 4.68 Å². The molecule has 3 heterocycles. The molecule has 0 fully saturated rings. The fourth-order valence-corrected chi connectivity index (χ4v) is 2.94. The molecule has 7 heteroatoms. The summed E-state index contributed by atoms with van der Waals surface area (Å²) in [5.41, 5.74) is 3.32. The SMILES string of the molecule is CCCc1nc(N2Cc3cnn(Cc4ccc(F)cc4)c3C2)no1. The van der Waals surface area contributed by atoms with Crippen LogP contribution in [-0.2, 0) is 26.1 Å². The molecule has 4 rings (SSSR count). The molecule has 24 heavy (non-hydrogen) atoms. The summed E-state index contributed by atoms with van der Waals surface area (Å²) in [7, 11) is 0. The molecule has 0 atom stereocenters. The number of hydrogen-bond donors (Lipinski definition) is 0. The number of aromatic nitrogens is 4. The third-order valence-corrected chi connectivity index (χ3v) is 4.19. The lowest BCUT2D eigenvalue weighted by atomic mass is 10.2. The Labute approximate surface area is 138 Å². The number of aryl methyl sites for hydroxylation is 1. The van der Waals surface area contributed by atoms with Crippen LogP contribution in [0.3, 0.4) is 0 Å². The second-order valence-corrected chi connectivity index (χ2v) is 5.99. The van der Waals surface area contributed by atoms with Gasteiger partial charge >= 0.3 is 0 Å². The van der Waals surface area contributed by atoms with Crippen molar-refractivity contribution in [1.82, 2.24) is 19.9 Å². The molecule has 124 valence electrons. The van der Waals surface area contributed by atoms with Crippen LogP contribution in [-0.4, -0.2) is 19.9 Å². The minimum atomic E-state index is -0.226. The Morgan fingerprint density at radius 3 is 2.83 bits per heavy atom. The van der Waals surface area contributed by atoms with Gasteiger partial charge in [-0.05, 0) is 29.3 Å². The lowest BCUT2D eigenvalue weighted by Crippen LogP contribution is -2.18. The second-order valence-electron chi connectivity index (χ2n) is 5.99. The second kappa shape index (κ2) is 6.07. The first-order chi connectivity index (χ1) is 11.7. The van der Waals surface area contributed by atoms with E-state index in [9.17, 15) is 4.39 Å². The highest BCUT2D eigenvalue weighted by atomic mass is 19.1. The van der Waals surface area contributed by atoms with E-state index in [4.69, 9.17) is 4.52 Å². The molecule has 0 N–H and O–H groups in total. The topological polar surface area (TPSA) is 60.0 Å². The van der Waals surface area contributed by atoms with E-state index < -0.39 is 0 Å². The van der Waals surface area contributed by atoms with Crippen LogP contribution in [0.1, 0.15) is 36.1 Å². The number of rotatable bonds is 5. The van der Waals surface area contributed by atoms with Crippen LogP contribution in [0.5, 0.6) is 0 Å². The van der Waals surface area contributed by atoms with Crippen LogP contribution in [0.15, 0.2) is 35.0 Å². The fraction of sp³-hybridized carbons (Fsp3) is 0.353. The summed E-state index contributed by atoms with van der Waals surface area (Å²) in [6.07, 6.45) is 3.66. The standard InChI is InChI=1S/C17H18FN5O/c1-2-3-16-20-17(21-24-16)22-10-13-8-19-23(15(13)11-22)9-12-4-6-14(18)7-5-12/h4-8H,2-3,9-11H2,1H3. The monoisotopic (exact) mass is 327 g/mol. The van der Waals surface area contributed by atoms with Crippen LogP contribution in [0.4, 0.5) is 10.3 Å². The minimum Gasteiger partial charge on any atom is -0.337 e. The van der Waals surface area contributed by atoms with Crippen LogP contribution < -0.4 is 4.90 Å². The van der Waals surface area contributed by atoms with E-state index in [1.165, 1.54) is 17.7 Å². The highest BCUT2D eigenvalue weighted by Crippen LogP contribution is 2.26. The third-order valence-electron chi connectivity index (χ3n) is 4.19. The van der Waals surface area contributed by atoms with E-state index in [1.807, 2.05) is 10.9 Å². The van der Waals surface area contributed by atoms with Crippen molar-refractivity contribution in [2.75, 3.05) is 4.90 Å². The molecule has 0 unspecified atom stereocenters. The summed E-state index contributed by atoms with van der Waals surface area (Å²) in [5, 5.41) is 8.52. The minimum absolute atomic E-state index is 0.226. The van der Waals surface area contributed by atoms with Crippen molar-refractivity contribution in [3.63, 3.8) is 0 Å². The first-order valence-electron chi connectivity index (χ1n) is 8.08. The molecule has 0 saturated heterocycles. The van der Waals surface area contributed by atoms with E-state index in [0.717, 1.165) is 30.6 Å². The molecule has 0 aliphatic carbocycles. The Morgan fingerprint density at radius 1 is 1.21 bits per heavy atom. The van der Waals surface area contributed by atoms with Gasteiger partial charge in [-0.1, -0.05) is 19.1 Å². The Kier molecular flexibility index (Phi) is 3.76. The molecule has 0 spiro atoms. The average Bonchev–Trinajstić information content (AvgIpc) is 3.26. The van der Waals surface area contributed by atoms with Gasteiger partial charge in [-0.15, -0.1) is 0 Å². The van der Waals surface area contributed by atoms with Gasteiger partial charge in [0.05, 0.1) is 25.0 Å². The van der Waals surface area contributed by atoms with Gasteiger partial charge in [0.1, 0.15) is 5.82 Å². The Morgan fingerprint density at radius 2 is 2.04 bits per heavy atom. The van der Waals surface area contributed by atoms with Gasteiger partial charge in [0.15, 0.2) is 0 Å². The van der Waals surface area contributed by atoms with Crippen LogP contribution in [0.25, 0.3) is 0 Å². The molecule has 1 aliphatic rings. The Hall–Kier alpha value is -2.70. The number of nitrogens with zero attached hydrogens (tertiary/aromatic N) is 5. The maximum absolute atomic E-state index is 13.0. The predicted molar refractivity (Wildman–Crippen MR) is 85.9 cm³/mol. The lowest BCUT2D eigenvalue weighted by Gasteiger charge is -2.12. The molecule has 3 aromatic rings. The van der Waals surface area contributed by atoms with E-state index in [2.05, 4.69) is 27.1 Å². The zero-order valence-corrected chi connectivity index (χ0v) is 13.4. The zero-order chi connectivity index (χ0) is 16.5. The van der Waals surface area contributed by atoms with E-state index in [1.54, 1.807) is 12.1 Å². The van der Waals surface area contributed by atoms with E-state index in [0.29, 0.717) is 24.9 Å². The van der Waals surface area contributed by atoms with Crippen LogP contribution in [0, 0.1) is 5.82 Å². The fourth-order valence-electron chi connectivity index (χ4n) is 2.94. The number of anilines is 1. The molecule has 0 saturated carbocycles. The van der Waals surface area contributed by atoms with E-state index >= 15 is 0 Å². The van der Waals surface area contributed by atoms with Crippen molar-refractivity contribution in [1.29, 1.82) is 0 Å². The van der Waals surface area contributed by atoms with Crippen LogP contribution >= 0.6 is 0 Å². The van der Waals surface area contributed by atoms with Crippen molar-refractivity contribution in [3.8, 4) is 0 Å². The van der Waals surface area contributed by atoms with Gasteiger partial charge in [0, 0.05) is 18.5 Å². The molecule has 1 aliphatic heterocycles. The molecule has 0 amide bonds. The predicted octanol–water partition coefficient (Wildman–Crippen LogP) is 2.93. The summed E-state index contributed by atoms with van der Waals surface area (Å²) in [6, 6.07) is 6.51. The number of benzene rings is 1. The third kappa shape index (κ3) is 2.77. The van der Waals surface area contributed by atoms with Gasteiger partial charge in [0.25, 0.3) is 5.95 Å². The largest absolute Gasteiger partial charge is 0.337 e. The van der Waals surface area contributed by atoms with Crippen molar-refractivity contribution in [2.45, 2.75) is 39.4 Å². The molecular formula is C17H18FN5O. The summed E-state index contributed by atoms with van der Waals surface area (Å²) < 4.78 is 20.3. The maximum atomic E-state index is 13.0. The number of fused-ring (bicyclic) bond motifs is 1. The summed E-state index contributed by atoms with van der Waals surface area (Å²) in [5.74, 6) is 1.08. The van der Waals surface area contributed by atoms with Crippen LogP contribution in [0.2, 0.25) is 0 Å². The number of halogens is 1. The van der Waals surface area contributed by atoms with Crippen molar-refractivity contribution in [2.24, 2.45) is 0 Å². The number of hydrogen-bond acceptors (Lipinski definition) is 5. The van der Waals surface area contributed by atoms with Gasteiger partial charge < -0.3 is 9.42 Å².